The lowest BCUT2D eigenvalue weighted by Crippen LogP contribution is -1.94. The van der Waals surface area contributed by atoms with Crippen LogP contribution >= 0.6 is 46.6 Å². The molecule has 0 saturated heterocycles. The first-order valence-corrected chi connectivity index (χ1v) is 10.8. The Morgan fingerprint density at radius 3 is 2.43 bits per heavy atom. The van der Waals surface area contributed by atoms with Crippen LogP contribution in [0.2, 0.25) is 15.1 Å². The van der Waals surface area contributed by atoms with Gasteiger partial charge in [-0.2, -0.15) is 0 Å². The first-order chi connectivity index (χ1) is 14.4. The molecule has 0 atom stereocenters. The Labute approximate surface area is 192 Å². The number of oxime groups is 1. The molecule has 3 aromatic carbocycles. The van der Waals surface area contributed by atoms with Gasteiger partial charge in [0, 0.05) is 38.0 Å². The fourth-order valence-corrected chi connectivity index (χ4v) is 4.01. The lowest BCUT2D eigenvalue weighted by molar-refractivity contribution is -0.387. The molecule has 0 aliphatic rings. The van der Waals surface area contributed by atoms with Crippen molar-refractivity contribution in [2.45, 2.75) is 17.3 Å². The van der Waals surface area contributed by atoms with Crippen LogP contribution in [-0.2, 0) is 17.2 Å². The molecule has 0 saturated carbocycles. The number of benzene rings is 3. The zero-order valence-electron chi connectivity index (χ0n) is 15.4. The van der Waals surface area contributed by atoms with Crippen LogP contribution < -0.4 is 0 Å². The van der Waals surface area contributed by atoms with E-state index in [0.29, 0.717) is 31.3 Å². The first-order valence-electron chi connectivity index (χ1n) is 8.67. The van der Waals surface area contributed by atoms with E-state index in [9.17, 15) is 10.1 Å². The van der Waals surface area contributed by atoms with Gasteiger partial charge in [0.2, 0.25) is 0 Å². The minimum atomic E-state index is -0.407. The maximum absolute atomic E-state index is 11.5. The molecule has 0 amide bonds. The molecule has 5 nitrogen and oxygen atoms in total. The molecule has 0 spiro atoms. The Balaban J connectivity index is 1.64. The van der Waals surface area contributed by atoms with Crippen LogP contribution in [0.4, 0.5) is 5.69 Å². The summed E-state index contributed by atoms with van der Waals surface area (Å²) in [6.07, 6.45) is 1.42. The van der Waals surface area contributed by atoms with E-state index >= 15 is 0 Å². The van der Waals surface area contributed by atoms with Crippen LogP contribution in [0, 0.1) is 10.1 Å². The van der Waals surface area contributed by atoms with E-state index in [-0.39, 0.29) is 12.3 Å². The predicted octanol–water partition coefficient (Wildman–Crippen LogP) is 7.40. The van der Waals surface area contributed by atoms with Gasteiger partial charge in [-0.1, -0.05) is 64.2 Å². The summed E-state index contributed by atoms with van der Waals surface area (Å²) in [5, 5.41) is 17.0. The van der Waals surface area contributed by atoms with E-state index in [2.05, 4.69) is 5.16 Å². The molecule has 0 aliphatic carbocycles. The van der Waals surface area contributed by atoms with Gasteiger partial charge in [-0.25, -0.2) is 0 Å². The summed E-state index contributed by atoms with van der Waals surface area (Å²) in [4.78, 5) is 16.9. The van der Waals surface area contributed by atoms with E-state index in [1.807, 2.05) is 12.1 Å². The van der Waals surface area contributed by atoms with Gasteiger partial charge in [0.05, 0.1) is 16.0 Å². The van der Waals surface area contributed by atoms with Crippen molar-refractivity contribution in [3.05, 3.63) is 103 Å². The molecule has 0 unspecified atom stereocenters. The average molecular weight is 482 g/mol. The number of nitro benzene ring substituents is 1. The summed E-state index contributed by atoms with van der Waals surface area (Å²) < 4.78 is 0. The number of hydrogen-bond donors (Lipinski definition) is 0. The quantitative estimate of drug-likeness (QED) is 0.145. The molecule has 0 aromatic heterocycles. The Bertz CT molecular complexity index is 1080. The standard InChI is InChI=1S/C21H15Cl3N2O3S/c22-17-5-1-14(2-6-17)13-30-21-8-3-15(9-20(21)26(27)28)11-25-29-12-16-4-7-18(23)10-19(16)24/h1-11H,12-13H2/b25-11+. The van der Waals surface area contributed by atoms with Crippen molar-refractivity contribution < 1.29 is 9.76 Å². The van der Waals surface area contributed by atoms with Crippen LogP contribution in [-0.4, -0.2) is 11.1 Å². The highest BCUT2D eigenvalue weighted by Gasteiger charge is 2.15. The van der Waals surface area contributed by atoms with Crippen LogP contribution in [0.5, 0.6) is 0 Å². The molecule has 30 heavy (non-hydrogen) atoms. The van der Waals surface area contributed by atoms with Crippen molar-refractivity contribution >= 4 is 58.5 Å². The van der Waals surface area contributed by atoms with Gasteiger partial charge >= 0.3 is 0 Å². The van der Waals surface area contributed by atoms with Crippen molar-refractivity contribution in [1.82, 2.24) is 0 Å². The number of thioether (sulfide) groups is 1. The molecule has 0 fully saturated rings. The minimum absolute atomic E-state index is 0.0126. The van der Waals surface area contributed by atoms with E-state index in [0.717, 1.165) is 11.1 Å². The largest absolute Gasteiger partial charge is 0.391 e. The highest BCUT2D eigenvalue weighted by Crippen LogP contribution is 2.32. The fourth-order valence-electron chi connectivity index (χ4n) is 2.46. The van der Waals surface area contributed by atoms with Crippen molar-refractivity contribution in [3.8, 4) is 0 Å². The van der Waals surface area contributed by atoms with Crippen LogP contribution in [0.3, 0.4) is 0 Å². The Kier molecular flexibility index (Phi) is 7.99. The average Bonchev–Trinajstić information content (AvgIpc) is 2.72. The maximum atomic E-state index is 11.5. The van der Waals surface area contributed by atoms with Gasteiger partial charge in [-0.15, -0.1) is 11.8 Å². The van der Waals surface area contributed by atoms with Gasteiger partial charge in [-0.3, -0.25) is 10.1 Å². The third-order valence-electron chi connectivity index (χ3n) is 4.00. The Morgan fingerprint density at radius 1 is 1.00 bits per heavy atom. The fraction of sp³-hybridized carbons (Fsp3) is 0.0952. The summed E-state index contributed by atoms with van der Waals surface area (Å²) in [6, 6.07) is 17.4. The van der Waals surface area contributed by atoms with Gasteiger partial charge in [0.15, 0.2) is 0 Å². The first kappa shape index (κ1) is 22.4. The monoisotopic (exact) mass is 480 g/mol. The zero-order valence-corrected chi connectivity index (χ0v) is 18.5. The molecule has 0 aliphatic heterocycles. The van der Waals surface area contributed by atoms with E-state index < -0.39 is 4.92 Å². The smallest absolute Gasteiger partial charge is 0.283 e. The molecule has 154 valence electrons. The van der Waals surface area contributed by atoms with E-state index in [1.54, 1.807) is 42.5 Å². The Hall–Kier alpha value is -2.25. The summed E-state index contributed by atoms with van der Waals surface area (Å²) in [5.41, 5.74) is 2.33. The van der Waals surface area contributed by atoms with Gasteiger partial charge in [0.25, 0.3) is 5.69 Å². The SMILES string of the molecule is O=[N+]([O-])c1cc(/C=N/OCc2ccc(Cl)cc2Cl)ccc1SCc1ccc(Cl)cc1. The normalized spacial score (nSPS) is 11.0. The molecule has 0 heterocycles. The molecule has 9 heteroatoms. The second-order valence-corrected chi connectivity index (χ2v) is 8.44. The lowest BCUT2D eigenvalue weighted by Gasteiger charge is -2.05. The summed E-state index contributed by atoms with van der Waals surface area (Å²) in [7, 11) is 0. The van der Waals surface area contributed by atoms with Gasteiger partial charge in [0.1, 0.15) is 6.61 Å². The lowest BCUT2D eigenvalue weighted by atomic mass is 10.2. The number of nitrogens with zero attached hydrogens (tertiary/aromatic N) is 2. The van der Waals surface area contributed by atoms with Crippen LogP contribution in [0.25, 0.3) is 0 Å². The molecule has 0 N–H and O–H groups in total. The van der Waals surface area contributed by atoms with Crippen molar-refractivity contribution in [2.75, 3.05) is 0 Å². The van der Waals surface area contributed by atoms with Crippen LogP contribution in [0.15, 0.2) is 70.7 Å². The van der Waals surface area contributed by atoms with Gasteiger partial charge in [-0.05, 0) is 35.9 Å². The zero-order chi connectivity index (χ0) is 21.5. The summed E-state index contributed by atoms with van der Waals surface area (Å²) in [6.45, 7) is 0.156. The van der Waals surface area contributed by atoms with Crippen molar-refractivity contribution in [2.24, 2.45) is 5.16 Å². The van der Waals surface area contributed by atoms with E-state index in [4.69, 9.17) is 39.6 Å². The summed E-state index contributed by atoms with van der Waals surface area (Å²) in [5.74, 6) is 0.594. The number of halogens is 3. The van der Waals surface area contributed by atoms with Crippen LogP contribution in [0.1, 0.15) is 16.7 Å². The minimum Gasteiger partial charge on any atom is -0.391 e. The van der Waals surface area contributed by atoms with Crippen molar-refractivity contribution in [3.63, 3.8) is 0 Å². The summed E-state index contributed by atoms with van der Waals surface area (Å²) >= 11 is 19.2. The Morgan fingerprint density at radius 2 is 1.73 bits per heavy atom. The third-order valence-corrected chi connectivity index (χ3v) is 5.97. The molecule has 3 aromatic rings. The maximum Gasteiger partial charge on any atom is 0.283 e. The second kappa shape index (κ2) is 10.7. The number of nitro groups is 1. The second-order valence-electron chi connectivity index (χ2n) is 6.14. The molecular weight excluding hydrogens is 467 g/mol. The number of rotatable bonds is 8. The third kappa shape index (κ3) is 6.37. The van der Waals surface area contributed by atoms with E-state index in [1.165, 1.54) is 24.0 Å². The molecule has 3 rings (SSSR count). The predicted molar refractivity (Wildman–Crippen MR) is 123 cm³/mol. The molecule has 0 radical (unpaired) electrons. The molecule has 0 bridgehead atoms. The highest BCUT2D eigenvalue weighted by molar-refractivity contribution is 7.98. The topological polar surface area (TPSA) is 64.7 Å². The molecular formula is C21H15Cl3N2O3S. The van der Waals surface area contributed by atoms with Gasteiger partial charge < -0.3 is 4.84 Å². The van der Waals surface area contributed by atoms with Crippen molar-refractivity contribution in [1.29, 1.82) is 0 Å². The highest BCUT2D eigenvalue weighted by atomic mass is 35.5. The number of hydrogen-bond acceptors (Lipinski definition) is 5.